The van der Waals surface area contributed by atoms with Crippen molar-refractivity contribution in [2.24, 2.45) is 0 Å². The van der Waals surface area contributed by atoms with Crippen LogP contribution in [0.5, 0.6) is 0 Å². The van der Waals surface area contributed by atoms with E-state index in [1.54, 1.807) is 4.68 Å². The first-order chi connectivity index (χ1) is 13.1. The van der Waals surface area contributed by atoms with Crippen LogP contribution in [0.2, 0.25) is 0 Å². The van der Waals surface area contributed by atoms with E-state index in [0.717, 1.165) is 42.0 Å². The molecule has 1 amide bonds. The molecule has 1 fully saturated rings. The Bertz CT molecular complexity index is 942. The van der Waals surface area contributed by atoms with Gasteiger partial charge in [0.2, 0.25) is 0 Å². The van der Waals surface area contributed by atoms with Crippen LogP contribution in [0.25, 0.3) is 5.69 Å². The number of aromatic nitrogens is 2. The van der Waals surface area contributed by atoms with Crippen LogP contribution in [0.4, 0.5) is 5.69 Å². The highest BCUT2D eigenvalue weighted by atomic mass is 16.2. The van der Waals surface area contributed by atoms with Crippen molar-refractivity contribution < 1.29 is 4.79 Å². The van der Waals surface area contributed by atoms with Crippen LogP contribution >= 0.6 is 0 Å². The van der Waals surface area contributed by atoms with Crippen LogP contribution in [0.1, 0.15) is 40.5 Å². The lowest BCUT2D eigenvalue weighted by Crippen LogP contribution is -2.19. The zero-order valence-corrected chi connectivity index (χ0v) is 15.7. The van der Waals surface area contributed by atoms with Crippen molar-refractivity contribution >= 4 is 11.6 Å². The van der Waals surface area contributed by atoms with E-state index in [2.05, 4.69) is 10.2 Å². The topological polar surface area (TPSA) is 50.2 Å². The maximum atomic E-state index is 13.1. The first-order valence-corrected chi connectivity index (χ1v) is 9.31. The van der Waals surface area contributed by atoms with E-state index >= 15 is 0 Å². The molecule has 138 valence electrons. The molecule has 5 nitrogen and oxygen atoms in total. The highest BCUT2D eigenvalue weighted by Crippen LogP contribution is 2.39. The highest BCUT2D eigenvalue weighted by molar-refractivity contribution is 6.04. The maximum absolute atomic E-state index is 13.1. The molecule has 0 bridgehead atoms. The van der Waals surface area contributed by atoms with Crippen LogP contribution in [0.15, 0.2) is 60.7 Å². The Morgan fingerprint density at radius 2 is 1.81 bits per heavy atom. The van der Waals surface area contributed by atoms with Gasteiger partial charge in [-0.2, -0.15) is 5.10 Å². The first kappa shape index (κ1) is 17.5. The Labute approximate surface area is 159 Å². The second kappa shape index (κ2) is 7.37. The number of para-hydroxylation sites is 2. The third-order valence-corrected chi connectivity index (χ3v) is 4.71. The Morgan fingerprint density at radius 3 is 2.52 bits per heavy atom. The van der Waals surface area contributed by atoms with Gasteiger partial charge < -0.3 is 10.2 Å². The van der Waals surface area contributed by atoms with E-state index in [4.69, 9.17) is 5.10 Å². The third kappa shape index (κ3) is 3.93. The van der Waals surface area contributed by atoms with Crippen LogP contribution in [-0.2, 0) is 6.54 Å². The zero-order valence-electron chi connectivity index (χ0n) is 15.7. The molecule has 0 saturated heterocycles. The van der Waals surface area contributed by atoms with Crippen molar-refractivity contribution in [1.82, 2.24) is 14.7 Å². The monoisotopic (exact) mass is 360 g/mol. The number of nitrogens with one attached hydrogen (secondary N) is 1. The predicted molar refractivity (Wildman–Crippen MR) is 107 cm³/mol. The molecule has 5 heteroatoms. The number of carbonyl (C=O) groups excluding carboxylic acids is 1. The van der Waals surface area contributed by atoms with Gasteiger partial charge in [0.1, 0.15) is 5.69 Å². The van der Waals surface area contributed by atoms with Crippen molar-refractivity contribution in [3.63, 3.8) is 0 Å². The summed E-state index contributed by atoms with van der Waals surface area (Å²) < 4.78 is 1.76. The van der Waals surface area contributed by atoms with Gasteiger partial charge in [0.25, 0.3) is 5.91 Å². The fraction of sp³-hybridized carbons (Fsp3) is 0.273. The SMILES string of the molecule is CN(C)Cc1ccccc1NC(=O)c1cc(C2CC2)nn1-c1ccccc1. The van der Waals surface area contributed by atoms with Gasteiger partial charge in [0.05, 0.1) is 11.4 Å². The molecule has 1 aliphatic rings. The van der Waals surface area contributed by atoms with Gasteiger partial charge in [-0.25, -0.2) is 4.68 Å². The van der Waals surface area contributed by atoms with Crippen LogP contribution in [0, 0.1) is 0 Å². The molecular weight excluding hydrogens is 336 g/mol. The number of hydrogen-bond donors (Lipinski definition) is 1. The summed E-state index contributed by atoms with van der Waals surface area (Å²) in [5.41, 5.74) is 4.40. The number of nitrogens with zero attached hydrogens (tertiary/aromatic N) is 3. The Hall–Kier alpha value is -2.92. The summed E-state index contributed by atoms with van der Waals surface area (Å²) in [6.07, 6.45) is 2.30. The molecule has 1 heterocycles. The lowest BCUT2D eigenvalue weighted by atomic mass is 10.1. The van der Waals surface area contributed by atoms with Crippen molar-refractivity contribution in [3.05, 3.63) is 77.6 Å². The number of carbonyl (C=O) groups is 1. The minimum absolute atomic E-state index is 0.135. The molecule has 1 aromatic heterocycles. The van der Waals surface area contributed by atoms with E-state index in [9.17, 15) is 4.79 Å². The summed E-state index contributed by atoms with van der Waals surface area (Å²) in [6.45, 7) is 0.766. The van der Waals surface area contributed by atoms with Crippen molar-refractivity contribution in [2.75, 3.05) is 19.4 Å². The molecule has 0 spiro atoms. The molecule has 3 aromatic rings. The Balaban J connectivity index is 1.66. The average molecular weight is 360 g/mol. The van der Waals surface area contributed by atoms with E-state index in [1.165, 1.54) is 0 Å². The van der Waals surface area contributed by atoms with Gasteiger partial charge in [0, 0.05) is 18.2 Å². The van der Waals surface area contributed by atoms with Crippen molar-refractivity contribution in [2.45, 2.75) is 25.3 Å². The van der Waals surface area contributed by atoms with E-state index in [0.29, 0.717) is 11.6 Å². The minimum Gasteiger partial charge on any atom is -0.320 e. The van der Waals surface area contributed by atoms with Gasteiger partial charge in [-0.15, -0.1) is 0 Å². The van der Waals surface area contributed by atoms with E-state index < -0.39 is 0 Å². The lowest BCUT2D eigenvalue weighted by molar-refractivity contribution is 0.101. The number of anilines is 1. The summed E-state index contributed by atoms with van der Waals surface area (Å²) in [7, 11) is 4.04. The van der Waals surface area contributed by atoms with E-state index in [1.807, 2.05) is 74.8 Å². The van der Waals surface area contributed by atoms with E-state index in [-0.39, 0.29) is 5.91 Å². The average Bonchev–Trinajstić information content (AvgIpc) is 3.42. The number of benzene rings is 2. The quantitative estimate of drug-likeness (QED) is 0.721. The molecule has 0 atom stereocenters. The fourth-order valence-corrected chi connectivity index (χ4v) is 3.21. The smallest absolute Gasteiger partial charge is 0.274 e. The summed E-state index contributed by atoms with van der Waals surface area (Å²) >= 11 is 0. The van der Waals surface area contributed by atoms with Gasteiger partial charge >= 0.3 is 0 Å². The molecule has 1 aliphatic carbocycles. The predicted octanol–water partition coefficient (Wildman–Crippen LogP) is 4.06. The number of rotatable bonds is 6. The molecule has 1 saturated carbocycles. The fourth-order valence-electron chi connectivity index (χ4n) is 3.21. The maximum Gasteiger partial charge on any atom is 0.274 e. The molecule has 0 radical (unpaired) electrons. The normalized spacial score (nSPS) is 13.7. The zero-order chi connectivity index (χ0) is 18.8. The Morgan fingerprint density at radius 1 is 1.11 bits per heavy atom. The molecule has 2 aromatic carbocycles. The van der Waals surface area contributed by atoms with Gasteiger partial charge in [-0.05, 0) is 56.8 Å². The number of amides is 1. The molecule has 27 heavy (non-hydrogen) atoms. The Kier molecular flexibility index (Phi) is 4.77. The first-order valence-electron chi connectivity index (χ1n) is 9.31. The number of hydrogen-bond acceptors (Lipinski definition) is 3. The molecule has 0 aliphatic heterocycles. The summed E-state index contributed by atoms with van der Waals surface area (Å²) in [6, 6.07) is 19.7. The summed E-state index contributed by atoms with van der Waals surface area (Å²) in [5.74, 6) is 0.354. The molecule has 0 unspecified atom stereocenters. The van der Waals surface area contributed by atoms with Gasteiger partial charge in [0.15, 0.2) is 0 Å². The second-order valence-corrected chi connectivity index (χ2v) is 7.33. The van der Waals surface area contributed by atoms with Gasteiger partial charge in [-0.3, -0.25) is 4.79 Å². The largest absolute Gasteiger partial charge is 0.320 e. The molecular formula is C22H24N4O. The summed E-state index contributed by atoms with van der Waals surface area (Å²) in [4.78, 5) is 15.2. The lowest BCUT2D eigenvalue weighted by Gasteiger charge is -2.15. The third-order valence-electron chi connectivity index (χ3n) is 4.71. The van der Waals surface area contributed by atoms with Gasteiger partial charge in [-0.1, -0.05) is 36.4 Å². The van der Waals surface area contributed by atoms with Crippen molar-refractivity contribution in [3.8, 4) is 5.69 Å². The van der Waals surface area contributed by atoms with Crippen molar-refractivity contribution in [1.29, 1.82) is 0 Å². The van der Waals surface area contributed by atoms with Crippen LogP contribution in [-0.4, -0.2) is 34.7 Å². The summed E-state index contributed by atoms with van der Waals surface area (Å²) in [5, 5.41) is 7.81. The molecule has 4 rings (SSSR count). The minimum atomic E-state index is -0.135. The van der Waals surface area contributed by atoms with Crippen LogP contribution < -0.4 is 5.32 Å². The standard InChI is InChI=1S/C22H24N4O/c1-25(2)15-17-8-6-7-11-19(17)23-22(27)21-14-20(16-12-13-16)24-26(21)18-9-4-3-5-10-18/h3-11,14,16H,12-13,15H2,1-2H3,(H,23,27). The second-order valence-electron chi connectivity index (χ2n) is 7.33. The van der Waals surface area contributed by atoms with Crippen LogP contribution in [0.3, 0.4) is 0 Å². The molecule has 1 N–H and O–H groups in total. The highest BCUT2D eigenvalue weighted by Gasteiger charge is 2.29.